The number of hydrogen-bond donors (Lipinski definition) is 2. The Morgan fingerprint density at radius 1 is 1.44 bits per heavy atom. The molecule has 0 unspecified atom stereocenters. The molecule has 0 spiro atoms. The Morgan fingerprint density at radius 2 is 2.22 bits per heavy atom. The molecule has 1 aliphatic heterocycles. The van der Waals surface area contributed by atoms with Crippen molar-refractivity contribution in [3.63, 3.8) is 0 Å². The fourth-order valence-electron chi connectivity index (χ4n) is 2.99. The summed E-state index contributed by atoms with van der Waals surface area (Å²) in [7, 11) is 1.96. The average molecular weight is 245 g/mol. The summed E-state index contributed by atoms with van der Waals surface area (Å²) in [5.74, 6) is 0.0509. The normalized spacial score (nSPS) is 21.0. The lowest BCUT2D eigenvalue weighted by molar-refractivity contribution is -0.115. The van der Waals surface area contributed by atoms with E-state index in [1.54, 1.807) is 0 Å². The van der Waals surface area contributed by atoms with Crippen LogP contribution in [-0.4, -0.2) is 26.0 Å². The van der Waals surface area contributed by atoms with Gasteiger partial charge in [-0.1, -0.05) is 12.5 Å². The van der Waals surface area contributed by atoms with Crippen molar-refractivity contribution in [3.05, 3.63) is 23.8 Å². The minimum atomic E-state index is 0.0509. The smallest absolute Gasteiger partial charge is 0.243 e. The van der Waals surface area contributed by atoms with Crippen LogP contribution in [-0.2, 0) is 10.2 Å². The lowest BCUT2D eigenvalue weighted by Crippen LogP contribution is -2.42. The van der Waals surface area contributed by atoms with E-state index in [-0.39, 0.29) is 11.3 Å². The topological polar surface area (TPSA) is 58.4 Å². The zero-order valence-corrected chi connectivity index (χ0v) is 10.7. The summed E-state index contributed by atoms with van der Waals surface area (Å²) in [4.78, 5) is 13.5. The maximum atomic E-state index is 11.5. The van der Waals surface area contributed by atoms with Crippen LogP contribution in [0.15, 0.2) is 18.2 Å². The fourth-order valence-corrected chi connectivity index (χ4v) is 2.99. The SMILES string of the molecule is CN1CC(=O)Nc2ccc(C3(CN)CCC3)cc21. The molecule has 1 saturated carbocycles. The maximum absolute atomic E-state index is 11.5. The highest BCUT2D eigenvalue weighted by Gasteiger charge is 2.38. The van der Waals surface area contributed by atoms with Crippen LogP contribution < -0.4 is 16.0 Å². The van der Waals surface area contributed by atoms with E-state index in [1.165, 1.54) is 24.8 Å². The Hall–Kier alpha value is -1.55. The number of benzene rings is 1. The molecule has 0 atom stereocenters. The monoisotopic (exact) mass is 245 g/mol. The molecule has 1 aromatic rings. The van der Waals surface area contributed by atoms with Crippen molar-refractivity contribution < 1.29 is 4.79 Å². The molecule has 4 heteroatoms. The van der Waals surface area contributed by atoms with E-state index in [4.69, 9.17) is 5.73 Å². The molecule has 1 amide bonds. The van der Waals surface area contributed by atoms with Gasteiger partial charge < -0.3 is 16.0 Å². The van der Waals surface area contributed by atoms with Gasteiger partial charge in [-0.25, -0.2) is 0 Å². The van der Waals surface area contributed by atoms with Crippen LogP contribution in [0, 0.1) is 0 Å². The number of rotatable bonds is 2. The summed E-state index contributed by atoms with van der Waals surface area (Å²) in [6.07, 6.45) is 3.62. The third kappa shape index (κ3) is 1.60. The molecule has 1 fully saturated rings. The van der Waals surface area contributed by atoms with Gasteiger partial charge in [-0.3, -0.25) is 4.79 Å². The standard InChI is InChI=1S/C14H19N3O/c1-17-8-13(18)16-11-4-3-10(7-12(11)17)14(9-15)5-2-6-14/h3-4,7H,2,5-6,8-9,15H2,1H3,(H,16,18). The molecule has 1 aliphatic carbocycles. The number of nitrogens with one attached hydrogen (secondary N) is 1. The van der Waals surface area contributed by atoms with E-state index < -0.39 is 0 Å². The van der Waals surface area contributed by atoms with Crippen molar-refractivity contribution in [3.8, 4) is 0 Å². The number of likely N-dealkylation sites (N-methyl/N-ethyl adjacent to an activating group) is 1. The van der Waals surface area contributed by atoms with Crippen LogP contribution in [0.1, 0.15) is 24.8 Å². The highest BCUT2D eigenvalue weighted by Crippen LogP contribution is 2.45. The largest absolute Gasteiger partial charge is 0.364 e. The van der Waals surface area contributed by atoms with Crippen LogP contribution in [0.25, 0.3) is 0 Å². The van der Waals surface area contributed by atoms with Crippen molar-refractivity contribution in [2.75, 3.05) is 30.4 Å². The van der Waals surface area contributed by atoms with Gasteiger partial charge >= 0.3 is 0 Å². The van der Waals surface area contributed by atoms with Gasteiger partial charge in [-0.05, 0) is 30.5 Å². The van der Waals surface area contributed by atoms with Crippen molar-refractivity contribution in [1.29, 1.82) is 0 Å². The number of hydrogen-bond acceptors (Lipinski definition) is 3. The Bertz CT molecular complexity index is 488. The lowest BCUT2D eigenvalue weighted by Gasteiger charge is -2.42. The average Bonchev–Trinajstić information content (AvgIpc) is 2.29. The minimum Gasteiger partial charge on any atom is -0.364 e. The minimum absolute atomic E-state index is 0.0509. The molecular weight excluding hydrogens is 226 g/mol. The van der Waals surface area contributed by atoms with E-state index in [2.05, 4.69) is 17.4 Å². The number of fused-ring (bicyclic) bond motifs is 1. The summed E-state index contributed by atoms with van der Waals surface area (Å²) in [6, 6.07) is 6.32. The number of carbonyl (C=O) groups excluding carboxylic acids is 1. The van der Waals surface area contributed by atoms with Crippen LogP contribution in [0.3, 0.4) is 0 Å². The summed E-state index contributed by atoms with van der Waals surface area (Å²) in [5.41, 5.74) is 9.46. The molecule has 18 heavy (non-hydrogen) atoms. The summed E-state index contributed by atoms with van der Waals surface area (Å²) >= 11 is 0. The lowest BCUT2D eigenvalue weighted by atomic mass is 9.64. The van der Waals surface area contributed by atoms with Crippen molar-refractivity contribution in [2.24, 2.45) is 5.73 Å². The predicted molar refractivity (Wildman–Crippen MR) is 72.9 cm³/mol. The van der Waals surface area contributed by atoms with E-state index in [1.807, 2.05) is 18.0 Å². The second-order valence-electron chi connectivity index (χ2n) is 5.47. The quantitative estimate of drug-likeness (QED) is 0.829. The number of carbonyl (C=O) groups is 1. The fraction of sp³-hybridized carbons (Fsp3) is 0.500. The molecule has 0 aromatic heterocycles. The molecule has 2 aliphatic rings. The van der Waals surface area contributed by atoms with Gasteiger partial charge in [0.15, 0.2) is 0 Å². The first kappa shape index (κ1) is 11.5. The highest BCUT2D eigenvalue weighted by molar-refractivity contribution is 6.01. The Kier molecular flexibility index (Phi) is 2.55. The Morgan fingerprint density at radius 3 is 2.83 bits per heavy atom. The van der Waals surface area contributed by atoms with Gasteiger partial charge in [0.25, 0.3) is 0 Å². The molecule has 0 saturated heterocycles. The highest BCUT2D eigenvalue weighted by atomic mass is 16.2. The second kappa shape index (κ2) is 3.99. The summed E-state index contributed by atoms with van der Waals surface area (Å²) in [5, 5.41) is 2.91. The second-order valence-corrected chi connectivity index (χ2v) is 5.47. The maximum Gasteiger partial charge on any atom is 0.243 e. The molecule has 1 aromatic carbocycles. The first-order valence-corrected chi connectivity index (χ1v) is 6.50. The van der Waals surface area contributed by atoms with Gasteiger partial charge in [-0.15, -0.1) is 0 Å². The van der Waals surface area contributed by atoms with Crippen LogP contribution in [0.2, 0.25) is 0 Å². The molecular formula is C14H19N3O. The molecule has 4 nitrogen and oxygen atoms in total. The number of anilines is 2. The molecule has 96 valence electrons. The summed E-state index contributed by atoms with van der Waals surface area (Å²) in [6.45, 7) is 1.13. The summed E-state index contributed by atoms with van der Waals surface area (Å²) < 4.78 is 0. The van der Waals surface area contributed by atoms with E-state index >= 15 is 0 Å². The predicted octanol–water partition coefficient (Wildman–Crippen LogP) is 1.46. The first-order chi connectivity index (χ1) is 8.64. The van der Waals surface area contributed by atoms with Crippen LogP contribution in [0.5, 0.6) is 0 Å². The van der Waals surface area contributed by atoms with E-state index in [0.717, 1.165) is 11.4 Å². The number of nitrogens with zero attached hydrogens (tertiary/aromatic N) is 1. The molecule has 3 N–H and O–H groups in total. The third-order valence-corrected chi connectivity index (χ3v) is 4.38. The first-order valence-electron chi connectivity index (χ1n) is 6.50. The van der Waals surface area contributed by atoms with Gasteiger partial charge in [-0.2, -0.15) is 0 Å². The molecule has 3 rings (SSSR count). The van der Waals surface area contributed by atoms with Crippen molar-refractivity contribution in [2.45, 2.75) is 24.7 Å². The zero-order valence-electron chi connectivity index (χ0n) is 10.7. The van der Waals surface area contributed by atoms with Gasteiger partial charge in [0.1, 0.15) is 0 Å². The Balaban J connectivity index is 2.00. The van der Waals surface area contributed by atoms with Gasteiger partial charge in [0.2, 0.25) is 5.91 Å². The molecule has 1 heterocycles. The Labute approximate surface area is 107 Å². The van der Waals surface area contributed by atoms with E-state index in [9.17, 15) is 4.79 Å². The van der Waals surface area contributed by atoms with Crippen LogP contribution >= 0.6 is 0 Å². The van der Waals surface area contributed by atoms with Gasteiger partial charge in [0.05, 0.1) is 17.9 Å². The molecule has 0 bridgehead atoms. The third-order valence-electron chi connectivity index (χ3n) is 4.38. The van der Waals surface area contributed by atoms with E-state index in [0.29, 0.717) is 13.1 Å². The number of amides is 1. The van der Waals surface area contributed by atoms with Crippen LogP contribution in [0.4, 0.5) is 11.4 Å². The zero-order chi connectivity index (χ0) is 12.8. The van der Waals surface area contributed by atoms with Crippen molar-refractivity contribution in [1.82, 2.24) is 0 Å². The molecule has 0 radical (unpaired) electrons. The number of nitrogens with two attached hydrogens (primary N) is 1. The van der Waals surface area contributed by atoms with Crippen molar-refractivity contribution >= 4 is 17.3 Å². The van der Waals surface area contributed by atoms with Gasteiger partial charge in [0, 0.05) is 19.0 Å².